The summed E-state index contributed by atoms with van der Waals surface area (Å²) in [7, 11) is -2.07. The normalized spacial score (nSPS) is 23.7. The fourth-order valence-electron chi connectivity index (χ4n) is 2.92. The van der Waals surface area contributed by atoms with E-state index in [1.807, 2.05) is 20.8 Å². The molecule has 1 aromatic carbocycles. The highest BCUT2D eigenvalue weighted by Gasteiger charge is 2.41. The lowest BCUT2D eigenvalue weighted by molar-refractivity contribution is -0.0572. The van der Waals surface area contributed by atoms with Crippen LogP contribution in [0.1, 0.15) is 46.2 Å². The van der Waals surface area contributed by atoms with Crippen LogP contribution in [-0.4, -0.2) is 43.1 Å². The summed E-state index contributed by atoms with van der Waals surface area (Å²) in [5.74, 6) is 0.509. The third-order valence-corrected chi connectivity index (χ3v) is 5.97. The van der Waals surface area contributed by atoms with Crippen LogP contribution in [0.3, 0.4) is 0 Å². The fraction of sp³-hybridized carbons (Fsp3) is 0.647. The second-order valence-electron chi connectivity index (χ2n) is 8.20. The van der Waals surface area contributed by atoms with Crippen molar-refractivity contribution in [1.29, 1.82) is 0 Å². The Balaban J connectivity index is 2.42. The molecule has 0 saturated heterocycles. The molecule has 6 nitrogen and oxygen atoms in total. The predicted octanol–water partition coefficient (Wildman–Crippen LogP) is 1.88. The summed E-state index contributed by atoms with van der Waals surface area (Å²) >= 11 is 0. The smallest absolute Gasteiger partial charge is 0.242 e. The Bertz CT molecular complexity index is 723. The van der Waals surface area contributed by atoms with Crippen LogP contribution in [0.4, 0.5) is 0 Å². The van der Waals surface area contributed by atoms with Crippen LogP contribution in [-0.2, 0) is 10.0 Å². The molecule has 2 unspecified atom stereocenters. The molecule has 3 N–H and O–H groups in total. The van der Waals surface area contributed by atoms with Crippen LogP contribution < -0.4 is 10.5 Å². The molecule has 0 spiro atoms. The SMILES string of the molecule is CN(CC(C)(C)C)S(=O)(=O)c1ccc2c(c1)C(N)C(O)C(C)(C)O2. The van der Waals surface area contributed by atoms with E-state index in [9.17, 15) is 13.5 Å². The molecular formula is C17H28N2O4S. The molecule has 7 heteroatoms. The predicted molar refractivity (Wildman–Crippen MR) is 93.4 cm³/mol. The zero-order chi connectivity index (χ0) is 18.5. The van der Waals surface area contributed by atoms with Crippen molar-refractivity contribution in [3.8, 4) is 5.75 Å². The number of aliphatic hydroxyl groups is 1. The summed E-state index contributed by atoms with van der Waals surface area (Å²) in [4.78, 5) is 0.152. The van der Waals surface area contributed by atoms with Crippen molar-refractivity contribution in [2.45, 2.75) is 57.3 Å². The number of hydrogen-bond donors (Lipinski definition) is 2. The average Bonchev–Trinajstić information content (AvgIpc) is 2.42. The summed E-state index contributed by atoms with van der Waals surface area (Å²) in [6, 6.07) is 3.94. The van der Waals surface area contributed by atoms with Gasteiger partial charge in [-0.2, -0.15) is 0 Å². The second-order valence-corrected chi connectivity index (χ2v) is 10.2. The third kappa shape index (κ3) is 3.59. The summed E-state index contributed by atoms with van der Waals surface area (Å²) in [6.07, 6.45) is -0.921. The quantitative estimate of drug-likeness (QED) is 0.863. The van der Waals surface area contributed by atoms with Crippen molar-refractivity contribution in [2.75, 3.05) is 13.6 Å². The average molecular weight is 356 g/mol. The summed E-state index contributed by atoms with van der Waals surface area (Å²) in [5.41, 5.74) is 5.64. The molecule has 2 rings (SSSR count). The Morgan fingerprint density at radius 3 is 2.46 bits per heavy atom. The van der Waals surface area contributed by atoms with Crippen molar-refractivity contribution >= 4 is 10.0 Å². The number of hydrogen-bond acceptors (Lipinski definition) is 5. The number of ether oxygens (including phenoxy) is 1. The first kappa shape index (κ1) is 19.2. The van der Waals surface area contributed by atoms with E-state index in [0.29, 0.717) is 17.9 Å². The maximum Gasteiger partial charge on any atom is 0.242 e. The first-order valence-electron chi connectivity index (χ1n) is 7.99. The van der Waals surface area contributed by atoms with Crippen LogP contribution >= 0.6 is 0 Å². The topological polar surface area (TPSA) is 92.9 Å². The lowest BCUT2D eigenvalue weighted by atomic mass is 9.87. The number of sulfonamides is 1. The number of aliphatic hydroxyl groups excluding tert-OH is 1. The van der Waals surface area contributed by atoms with Crippen LogP contribution in [0.25, 0.3) is 0 Å². The molecule has 0 fully saturated rings. The van der Waals surface area contributed by atoms with Gasteiger partial charge in [-0.05, 0) is 37.5 Å². The van der Waals surface area contributed by atoms with E-state index in [2.05, 4.69) is 0 Å². The first-order chi connectivity index (χ1) is 10.8. The van der Waals surface area contributed by atoms with Gasteiger partial charge in [0.15, 0.2) is 0 Å². The van der Waals surface area contributed by atoms with Gasteiger partial charge in [0, 0.05) is 19.2 Å². The molecule has 0 amide bonds. The number of rotatable bonds is 3. The summed E-state index contributed by atoms with van der Waals surface area (Å²) in [6.45, 7) is 9.84. The number of fused-ring (bicyclic) bond motifs is 1. The number of benzene rings is 1. The van der Waals surface area contributed by atoms with Crippen molar-refractivity contribution in [2.24, 2.45) is 11.1 Å². The Kier molecular flexibility index (Phi) is 4.78. The maximum atomic E-state index is 12.8. The lowest BCUT2D eigenvalue weighted by Crippen LogP contribution is -2.51. The van der Waals surface area contributed by atoms with Gasteiger partial charge in [-0.25, -0.2) is 12.7 Å². The molecule has 0 aliphatic carbocycles. The number of nitrogens with zero attached hydrogens (tertiary/aromatic N) is 1. The first-order valence-corrected chi connectivity index (χ1v) is 9.43. The Hall–Kier alpha value is -1.15. The molecule has 1 aromatic rings. The van der Waals surface area contributed by atoms with Crippen molar-refractivity contribution in [1.82, 2.24) is 4.31 Å². The van der Waals surface area contributed by atoms with E-state index < -0.39 is 27.8 Å². The molecule has 24 heavy (non-hydrogen) atoms. The van der Waals surface area contributed by atoms with Gasteiger partial charge < -0.3 is 15.6 Å². The van der Waals surface area contributed by atoms with Crippen molar-refractivity contribution < 1.29 is 18.3 Å². The van der Waals surface area contributed by atoms with Crippen LogP contribution in [0, 0.1) is 5.41 Å². The molecule has 1 aliphatic rings. The molecule has 2 atom stereocenters. The van der Waals surface area contributed by atoms with Gasteiger partial charge in [-0.3, -0.25) is 0 Å². The molecule has 0 saturated carbocycles. The van der Waals surface area contributed by atoms with Crippen molar-refractivity contribution in [3.05, 3.63) is 23.8 Å². The maximum absolute atomic E-state index is 12.8. The highest BCUT2D eigenvalue weighted by molar-refractivity contribution is 7.89. The third-order valence-electron chi connectivity index (χ3n) is 4.17. The van der Waals surface area contributed by atoms with Gasteiger partial charge in [-0.15, -0.1) is 0 Å². The van der Waals surface area contributed by atoms with Crippen LogP contribution in [0.2, 0.25) is 0 Å². The molecule has 0 aromatic heterocycles. The minimum absolute atomic E-state index is 0.152. The summed E-state index contributed by atoms with van der Waals surface area (Å²) in [5, 5.41) is 10.3. The molecular weight excluding hydrogens is 328 g/mol. The van der Waals surface area contributed by atoms with Gasteiger partial charge in [0.25, 0.3) is 0 Å². The van der Waals surface area contributed by atoms with E-state index in [4.69, 9.17) is 10.5 Å². The van der Waals surface area contributed by atoms with E-state index in [-0.39, 0.29) is 10.3 Å². The minimum atomic E-state index is -3.63. The lowest BCUT2D eigenvalue weighted by Gasteiger charge is -2.40. The van der Waals surface area contributed by atoms with Gasteiger partial charge in [0.05, 0.1) is 10.9 Å². The Morgan fingerprint density at radius 2 is 1.92 bits per heavy atom. The molecule has 1 heterocycles. The van der Waals surface area contributed by atoms with Crippen molar-refractivity contribution in [3.63, 3.8) is 0 Å². The van der Waals surface area contributed by atoms with Crippen LogP contribution in [0.5, 0.6) is 5.75 Å². The fourth-order valence-corrected chi connectivity index (χ4v) is 4.35. The number of nitrogens with two attached hydrogens (primary N) is 1. The van der Waals surface area contributed by atoms with E-state index in [1.54, 1.807) is 27.0 Å². The summed E-state index contributed by atoms with van der Waals surface area (Å²) < 4.78 is 32.7. The van der Waals surface area contributed by atoms with Gasteiger partial charge in [0.2, 0.25) is 10.0 Å². The van der Waals surface area contributed by atoms with E-state index in [0.717, 1.165) is 0 Å². The standard InChI is InChI=1S/C17H28N2O4S/c1-16(2,3)10-19(6)24(21,22)11-7-8-13-12(9-11)14(18)15(20)17(4,5)23-13/h7-9,14-15,20H,10,18H2,1-6H3. The molecule has 0 radical (unpaired) electrons. The molecule has 136 valence electrons. The zero-order valence-electron chi connectivity index (χ0n) is 15.2. The largest absolute Gasteiger partial charge is 0.485 e. The van der Waals surface area contributed by atoms with Gasteiger partial charge in [0.1, 0.15) is 17.5 Å². The molecule has 0 bridgehead atoms. The van der Waals surface area contributed by atoms with E-state index in [1.165, 1.54) is 16.4 Å². The zero-order valence-corrected chi connectivity index (χ0v) is 16.0. The minimum Gasteiger partial charge on any atom is -0.485 e. The van der Waals surface area contributed by atoms with Gasteiger partial charge in [-0.1, -0.05) is 20.8 Å². The Morgan fingerprint density at radius 1 is 1.33 bits per heavy atom. The molecule has 1 aliphatic heterocycles. The highest BCUT2D eigenvalue weighted by atomic mass is 32.2. The Labute approximate surface area is 144 Å². The van der Waals surface area contributed by atoms with E-state index >= 15 is 0 Å². The monoisotopic (exact) mass is 356 g/mol. The van der Waals surface area contributed by atoms with Gasteiger partial charge >= 0.3 is 0 Å². The van der Waals surface area contributed by atoms with Crippen LogP contribution in [0.15, 0.2) is 23.1 Å². The second kappa shape index (κ2) is 5.98. The highest BCUT2D eigenvalue weighted by Crippen LogP contribution is 2.39.